The molecular formula is C17H20FN3O. The number of nitrogens with one attached hydrogen (secondary N) is 1. The molecular weight excluding hydrogens is 281 g/mol. The van der Waals surface area contributed by atoms with Crippen molar-refractivity contribution in [1.29, 1.82) is 0 Å². The van der Waals surface area contributed by atoms with Gasteiger partial charge in [-0.2, -0.15) is 0 Å². The second-order valence-electron chi connectivity index (χ2n) is 5.11. The summed E-state index contributed by atoms with van der Waals surface area (Å²) in [5.74, 6) is -0.474. The van der Waals surface area contributed by atoms with E-state index in [0.717, 1.165) is 12.8 Å². The van der Waals surface area contributed by atoms with E-state index in [0.29, 0.717) is 23.6 Å². The molecule has 0 atom stereocenters. The summed E-state index contributed by atoms with van der Waals surface area (Å²) in [5, 5.41) is 2.96. The monoisotopic (exact) mass is 301 g/mol. The minimum atomic E-state index is -0.341. The second-order valence-corrected chi connectivity index (χ2v) is 5.11. The van der Waals surface area contributed by atoms with Crippen LogP contribution in [0.3, 0.4) is 0 Å². The topological polar surface area (TPSA) is 45.2 Å². The number of aromatic nitrogens is 1. The molecule has 22 heavy (non-hydrogen) atoms. The lowest BCUT2D eigenvalue weighted by atomic mass is 10.2. The molecule has 0 radical (unpaired) electrons. The van der Waals surface area contributed by atoms with Crippen LogP contribution in [0.5, 0.6) is 0 Å². The number of nitrogens with zero attached hydrogens (tertiary/aromatic N) is 2. The minimum absolute atomic E-state index is 0.134. The number of unbranched alkanes of at least 4 members (excludes halogenated alkanes) is 1. The normalized spacial score (nSPS) is 10.3. The number of hydrogen-bond donors (Lipinski definition) is 1. The Morgan fingerprint density at radius 3 is 2.82 bits per heavy atom. The highest BCUT2D eigenvalue weighted by molar-refractivity contribution is 5.93. The highest BCUT2D eigenvalue weighted by atomic mass is 19.1. The number of para-hydroxylation sites is 1. The summed E-state index contributed by atoms with van der Waals surface area (Å²) in [6.45, 7) is 2.78. The molecule has 0 aliphatic rings. The molecule has 116 valence electrons. The Morgan fingerprint density at radius 1 is 1.32 bits per heavy atom. The quantitative estimate of drug-likeness (QED) is 0.882. The lowest BCUT2D eigenvalue weighted by Gasteiger charge is -2.16. The molecule has 0 bridgehead atoms. The Kier molecular flexibility index (Phi) is 5.47. The van der Waals surface area contributed by atoms with E-state index in [2.05, 4.69) is 17.2 Å². The van der Waals surface area contributed by atoms with Crippen LogP contribution in [0, 0.1) is 5.82 Å². The summed E-state index contributed by atoms with van der Waals surface area (Å²) in [6, 6.07) is 9.74. The van der Waals surface area contributed by atoms with Crippen molar-refractivity contribution in [2.24, 2.45) is 0 Å². The number of rotatable bonds is 6. The first kappa shape index (κ1) is 15.9. The highest BCUT2D eigenvalue weighted by Crippen LogP contribution is 2.20. The maximum atomic E-state index is 13.6. The van der Waals surface area contributed by atoms with Gasteiger partial charge in [-0.3, -0.25) is 9.78 Å². The number of anilines is 2. The Labute approximate surface area is 130 Å². The molecule has 2 aromatic rings. The van der Waals surface area contributed by atoms with Gasteiger partial charge < -0.3 is 10.2 Å². The number of benzene rings is 1. The Balaban J connectivity index is 2.13. The summed E-state index contributed by atoms with van der Waals surface area (Å²) < 4.78 is 13.6. The van der Waals surface area contributed by atoms with Gasteiger partial charge in [-0.15, -0.1) is 0 Å². The van der Waals surface area contributed by atoms with Crippen LogP contribution in [-0.4, -0.2) is 29.4 Å². The van der Waals surface area contributed by atoms with Crippen molar-refractivity contribution in [3.05, 3.63) is 54.1 Å². The first-order valence-corrected chi connectivity index (χ1v) is 7.35. The second kappa shape index (κ2) is 7.54. The molecule has 1 heterocycles. The van der Waals surface area contributed by atoms with Crippen molar-refractivity contribution in [1.82, 2.24) is 9.88 Å². The molecule has 1 N–H and O–H groups in total. The minimum Gasteiger partial charge on any atom is -0.353 e. The number of carbonyl (C=O) groups excluding carboxylic acids is 1. The molecule has 1 amide bonds. The molecule has 0 saturated carbocycles. The fourth-order valence-electron chi connectivity index (χ4n) is 2.04. The van der Waals surface area contributed by atoms with Gasteiger partial charge in [0.15, 0.2) is 0 Å². The predicted octanol–water partition coefficient (Wildman–Crippen LogP) is 3.84. The van der Waals surface area contributed by atoms with Gasteiger partial charge in [-0.1, -0.05) is 25.5 Å². The maximum absolute atomic E-state index is 13.6. The number of hydrogen-bond acceptors (Lipinski definition) is 3. The van der Waals surface area contributed by atoms with E-state index in [1.54, 1.807) is 48.5 Å². The van der Waals surface area contributed by atoms with Crippen LogP contribution >= 0.6 is 0 Å². The van der Waals surface area contributed by atoms with Gasteiger partial charge in [0.1, 0.15) is 11.5 Å². The number of amides is 1. The average Bonchev–Trinajstić information content (AvgIpc) is 2.54. The van der Waals surface area contributed by atoms with Crippen LogP contribution in [0.25, 0.3) is 0 Å². The smallest absolute Gasteiger partial charge is 0.272 e. The largest absolute Gasteiger partial charge is 0.353 e. The van der Waals surface area contributed by atoms with E-state index in [-0.39, 0.29) is 11.7 Å². The van der Waals surface area contributed by atoms with E-state index in [1.807, 2.05) is 0 Å². The van der Waals surface area contributed by atoms with Crippen LogP contribution in [0.15, 0.2) is 42.6 Å². The standard InChI is InChI=1S/C17H20FN3O/c1-3-4-11-21(2)17(22)16-12-13(9-10-19-16)20-15-8-6-5-7-14(15)18/h5-10,12H,3-4,11H2,1-2H3,(H,19,20). The SMILES string of the molecule is CCCCN(C)C(=O)c1cc(Nc2ccccc2F)ccn1. The molecule has 0 unspecified atom stereocenters. The molecule has 0 aliphatic carbocycles. The van der Waals surface area contributed by atoms with Crippen LogP contribution in [-0.2, 0) is 0 Å². The Hall–Kier alpha value is -2.43. The van der Waals surface area contributed by atoms with Gasteiger partial charge in [0.05, 0.1) is 5.69 Å². The third-order valence-corrected chi connectivity index (χ3v) is 3.33. The van der Waals surface area contributed by atoms with Gasteiger partial charge in [-0.05, 0) is 30.7 Å². The van der Waals surface area contributed by atoms with E-state index in [4.69, 9.17) is 0 Å². The summed E-state index contributed by atoms with van der Waals surface area (Å²) in [4.78, 5) is 18.0. The van der Waals surface area contributed by atoms with Crippen LogP contribution in [0.1, 0.15) is 30.3 Å². The van der Waals surface area contributed by atoms with Crippen molar-refractivity contribution in [2.75, 3.05) is 18.9 Å². The summed E-state index contributed by atoms with van der Waals surface area (Å²) in [7, 11) is 1.76. The van der Waals surface area contributed by atoms with Crippen LogP contribution in [0.2, 0.25) is 0 Å². The summed E-state index contributed by atoms with van der Waals surface area (Å²) >= 11 is 0. The maximum Gasteiger partial charge on any atom is 0.272 e. The molecule has 5 heteroatoms. The molecule has 0 spiro atoms. The fourth-order valence-corrected chi connectivity index (χ4v) is 2.04. The molecule has 1 aromatic heterocycles. The van der Waals surface area contributed by atoms with Gasteiger partial charge in [0.25, 0.3) is 5.91 Å². The van der Waals surface area contributed by atoms with Crippen molar-refractivity contribution in [3.8, 4) is 0 Å². The third kappa shape index (κ3) is 4.04. The zero-order valence-corrected chi connectivity index (χ0v) is 12.8. The van der Waals surface area contributed by atoms with Gasteiger partial charge in [0.2, 0.25) is 0 Å². The Morgan fingerprint density at radius 2 is 2.09 bits per heavy atom. The van der Waals surface area contributed by atoms with Crippen molar-refractivity contribution >= 4 is 17.3 Å². The molecule has 2 rings (SSSR count). The van der Waals surface area contributed by atoms with Crippen LogP contribution in [0.4, 0.5) is 15.8 Å². The van der Waals surface area contributed by atoms with Crippen molar-refractivity contribution < 1.29 is 9.18 Å². The zero-order valence-electron chi connectivity index (χ0n) is 12.8. The van der Waals surface area contributed by atoms with E-state index in [1.165, 1.54) is 6.07 Å². The zero-order chi connectivity index (χ0) is 15.9. The highest BCUT2D eigenvalue weighted by Gasteiger charge is 2.13. The molecule has 0 aliphatic heterocycles. The van der Waals surface area contributed by atoms with E-state index in [9.17, 15) is 9.18 Å². The average molecular weight is 301 g/mol. The molecule has 4 nitrogen and oxygen atoms in total. The lowest BCUT2D eigenvalue weighted by molar-refractivity contribution is 0.0787. The van der Waals surface area contributed by atoms with Crippen molar-refractivity contribution in [2.45, 2.75) is 19.8 Å². The third-order valence-electron chi connectivity index (χ3n) is 3.33. The van der Waals surface area contributed by atoms with Gasteiger partial charge >= 0.3 is 0 Å². The number of carbonyl (C=O) groups is 1. The van der Waals surface area contributed by atoms with Crippen LogP contribution < -0.4 is 5.32 Å². The Bertz CT molecular complexity index is 645. The molecule has 1 aromatic carbocycles. The number of pyridine rings is 1. The molecule has 0 fully saturated rings. The van der Waals surface area contributed by atoms with E-state index < -0.39 is 0 Å². The first-order valence-electron chi connectivity index (χ1n) is 7.35. The fraction of sp³-hybridized carbons (Fsp3) is 0.294. The van der Waals surface area contributed by atoms with E-state index >= 15 is 0 Å². The van der Waals surface area contributed by atoms with Crippen molar-refractivity contribution in [3.63, 3.8) is 0 Å². The van der Waals surface area contributed by atoms with Gasteiger partial charge in [0, 0.05) is 25.5 Å². The summed E-state index contributed by atoms with van der Waals surface area (Å²) in [6.07, 6.45) is 3.53. The predicted molar refractivity (Wildman–Crippen MR) is 85.8 cm³/mol. The lowest BCUT2D eigenvalue weighted by Crippen LogP contribution is -2.28. The first-order chi connectivity index (χ1) is 10.6. The summed E-state index contributed by atoms with van der Waals surface area (Å²) in [5.41, 5.74) is 1.35. The number of halogens is 1. The molecule has 0 saturated heterocycles. The van der Waals surface area contributed by atoms with Gasteiger partial charge in [-0.25, -0.2) is 4.39 Å².